The molecule has 0 aromatic heterocycles. The molecular formula is C28H30F5N3O4. The molecule has 0 spiro atoms. The van der Waals surface area contributed by atoms with Crippen molar-refractivity contribution in [1.82, 2.24) is 10.2 Å². The predicted molar refractivity (Wildman–Crippen MR) is 135 cm³/mol. The molecule has 2 atom stereocenters. The summed E-state index contributed by atoms with van der Waals surface area (Å²) in [5.41, 5.74) is -1.86. The van der Waals surface area contributed by atoms with Gasteiger partial charge in [-0.25, -0.2) is 13.6 Å². The van der Waals surface area contributed by atoms with Crippen LogP contribution >= 0.6 is 0 Å². The molecule has 2 aliphatic heterocycles. The van der Waals surface area contributed by atoms with E-state index < -0.39 is 34.9 Å². The summed E-state index contributed by atoms with van der Waals surface area (Å²) in [4.78, 5) is 28.8. The zero-order chi connectivity index (χ0) is 28.7. The van der Waals surface area contributed by atoms with Crippen LogP contribution in [0.4, 0.5) is 27.6 Å². The average Bonchev–Trinajstić information content (AvgIpc) is 3.77. The van der Waals surface area contributed by atoms with Crippen LogP contribution < -0.4 is 10.2 Å². The molecule has 1 amide bonds. The second-order valence-corrected chi connectivity index (χ2v) is 10.7. The smallest absolute Gasteiger partial charge is 0.416 e. The van der Waals surface area contributed by atoms with Gasteiger partial charge in [-0.15, -0.1) is 0 Å². The Kier molecular flexibility index (Phi) is 7.75. The zero-order valence-electron chi connectivity index (χ0n) is 21.6. The van der Waals surface area contributed by atoms with Gasteiger partial charge in [0.05, 0.1) is 17.7 Å². The third-order valence-electron chi connectivity index (χ3n) is 8.12. The van der Waals surface area contributed by atoms with Gasteiger partial charge in [0, 0.05) is 44.5 Å². The van der Waals surface area contributed by atoms with Gasteiger partial charge in [0.1, 0.15) is 17.2 Å². The molecule has 3 aliphatic rings. The molecule has 5 rings (SSSR count). The fourth-order valence-electron chi connectivity index (χ4n) is 5.77. The van der Waals surface area contributed by atoms with Crippen LogP contribution in [-0.2, 0) is 22.3 Å². The standard InChI is InChI=1S/C28H30F5N3O4/c29-20-12-17(11-19(13-20)28(31,32)33)15-34-26(39)27(18-1-2-18)6-5-22(16-40-27)36-9-7-35(8-10-36)21-3-4-24(30)23(14-21)25(37)38/h3-4,11-14,18,22H,1-2,5-10,15-16H2,(H,34,39)(H,37,38)/t22-,27+/m1/s1. The number of alkyl halides is 3. The van der Waals surface area contributed by atoms with E-state index >= 15 is 0 Å². The maximum absolute atomic E-state index is 13.8. The van der Waals surface area contributed by atoms with E-state index in [0.717, 1.165) is 31.0 Å². The molecule has 7 nitrogen and oxygen atoms in total. The average molecular weight is 568 g/mol. The lowest BCUT2D eigenvalue weighted by Gasteiger charge is -2.45. The summed E-state index contributed by atoms with van der Waals surface area (Å²) in [7, 11) is 0. The molecule has 2 aromatic rings. The lowest BCUT2D eigenvalue weighted by atomic mass is 9.85. The Morgan fingerprint density at radius 2 is 1.75 bits per heavy atom. The molecule has 0 bridgehead atoms. The third-order valence-corrected chi connectivity index (χ3v) is 8.12. The van der Waals surface area contributed by atoms with Crippen LogP contribution in [0.3, 0.4) is 0 Å². The Balaban J connectivity index is 1.17. The Labute approximate surface area is 227 Å². The van der Waals surface area contributed by atoms with Crippen LogP contribution in [0, 0.1) is 17.6 Å². The Morgan fingerprint density at radius 3 is 2.35 bits per heavy atom. The summed E-state index contributed by atoms with van der Waals surface area (Å²) in [6.45, 7) is 2.67. The number of nitrogens with zero attached hydrogens (tertiary/aromatic N) is 2. The van der Waals surface area contributed by atoms with Gasteiger partial charge in [-0.3, -0.25) is 9.69 Å². The van der Waals surface area contributed by atoms with E-state index in [4.69, 9.17) is 4.74 Å². The Hall–Kier alpha value is -3.25. The van der Waals surface area contributed by atoms with Crippen molar-refractivity contribution in [3.8, 4) is 0 Å². The lowest BCUT2D eigenvalue weighted by Crippen LogP contribution is -2.59. The number of anilines is 1. The summed E-state index contributed by atoms with van der Waals surface area (Å²) in [6, 6.07) is 6.37. The van der Waals surface area contributed by atoms with Gasteiger partial charge in [-0.05, 0) is 73.6 Å². The van der Waals surface area contributed by atoms with Crippen molar-refractivity contribution in [2.45, 2.75) is 50.0 Å². The van der Waals surface area contributed by atoms with Gasteiger partial charge in [0.25, 0.3) is 5.91 Å². The van der Waals surface area contributed by atoms with Crippen LogP contribution in [0.2, 0.25) is 0 Å². The minimum absolute atomic E-state index is 0.0230. The van der Waals surface area contributed by atoms with Crippen molar-refractivity contribution in [3.63, 3.8) is 0 Å². The quantitative estimate of drug-likeness (QED) is 0.482. The highest BCUT2D eigenvalue weighted by molar-refractivity contribution is 5.89. The number of carboxylic acid groups (broad SMARTS) is 1. The SMILES string of the molecule is O=C(O)c1cc(N2CCN([C@@H]3CC[C@@](C(=O)NCc4cc(F)cc(C(F)(F)F)c4)(C4CC4)OC3)CC2)ccc1F. The van der Waals surface area contributed by atoms with Crippen molar-refractivity contribution < 1.29 is 41.4 Å². The van der Waals surface area contributed by atoms with Crippen molar-refractivity contribution >= 4 is 17.6 Å². The number of carbonyl (C=O) groups excluding carboxylic acids is 1. The fraction of sp³-hybridized carbons (Fsp3) is 0.500. The van der Waals surface area contributed by atoms with E-state index in [1.807, 2.05) is 4.90 Å². The maximum atomic E-state index is 13.8. The van der Waals surface area contributed by atoms with Gasteiger partial charge < -0.3 is 20.1 Å². The molecule has 12 heteroatoms. The summed E-state index contributed by atoms with van der Waals surface area (Å²) in [5.74, 6) is -3.47. The van der Waals surface area contributed by atoms with Crippen molar-refractivity contribution in [1.29, 1.82) is 0 Å². The van der Waals surface area contributed by atoms with Crippen LogP contribution in [0.15, 0.2) is 36.4 Å². The van der Waals surface area contributed by atoms with Gasteiger partial charge in [0.15, 0.2) is 0 Å². The minimum atomic E-state index is -4.69. The largest absolute Gasteiger partial charge is 0.478 e. The third kappa shape index (κ3) is 5.92. The number of nitrogens with one attached hydrogen (secondary N) is 1. The van der Waals surface area contributed by atoms with Crippen LogP contribution in [-0.4, -0.2) is 66.3 Å². The van der Waals surface area contributed by atoms with E-state index in [9.17, 15) is 36.6 Å². The molecular weight excluding hydrogens is 537 g/mol. The number of carboxylic acids is 1. The number of amides is 1. The number of rotatable bonds is 7. The van der Waals surface area contributed by atoms with E-state index in [2.05, 4.69) is 10.2 Å². The molecule has 2 aromatic carbocycles. The second kappa shape index (κ2) is 11.0. The predicted octanol–water partition coefficient (Wildman–Crippen LogP) is 4.45. The van der Waals surface area contributed by atoms with Crippen LogP contribution in [0.25, 0.3) is 0 Å². The highest BCUT2D eigenvalue weighted by Crippen LogP contribution is 2.47. The molecule has 0 unspecified atom stereocenters. The molecule has 2 saturated heterocycles. The van der Waals surface area contributed by atoms with Crippen molar-refractivity contribution in [2.24, 2.45) is 5.92 Å². The minimum Gasteiger partial charge on any atom is -0.478 e. The van der Waals surface area contributed by atoms with E-state index in [-0.39, 0.29) is 35.5 Å². The van der Waals surface area contributed by atoms with Crippen LogP contribution in [0.1, 0.15) is 47.2 Å². The van der Waals surface area contributed by atoms with Gasteiger partial charge in [-0.1, -0.05) is 0 Å². The van der Waals surface area contributed by atoms with Gasteiger partial charge in [-0.2, -0.15) is 13.2 Å². The molecule has 1 aliphatic carbocycles. The molecule has 2 N–H and O–H groups in total. The summed E-state index contributed by atoms with van der Waals surface area (Å²) in [6.07, 6.45) is -1.88. The molecule has 0 radical (unpaired) electrons. The van der Waals surface area contributed by atoms with Crippen molar-refractivity contribution in [2.75, 3.05) is 37.7 Å². The number of carbonyl (C=O) groups is 2. The first-order valence-corrected chi connectivity index (χ1v) is 13.3. The summed E-state index contributed by atoms with van der Waals surface area (Å²) in [5, 5.41) is 11.9. The maximum Gasteiger partial charge on any atom is 0.416 e. The summed E-state index contributed by atoms with van der Waals surface area (Å²) >= 11 is 0. The van der Waals surface area contributed by atoms with Gasteiger partial charge in [0.2, 0.25) is 0 Å². The number of aromatic carboxylic acids is 1. The first-order chi connectivity index (χ1) is 19.0. The normalized spacial score (nSPS) is 24.1. The number of ether oxygens (including phenoxy) is 1. The second-order valence-electron chi connectivity index (χ2n) is 10.7. The molecule has 216 valence electrons. The highest BCUT2D eigenvalue weighted by atomic mass is 19.4. The Morgan fingerprint density at radius 1 is 1.02 bits per heavy atom. The topological polar surface area (TPSA) is 82.1 Å². The zero-order valence-corrected chi connectivity index (χ0v) is 21.6. The van der Waals surface area contributed by atoms with Gasteiger partial charge >= 0.3 is 12.1 Å². The van der Waals surface area contributed by atoms with Crippen LogP contribution in [0.5, 0.6) is 0 Å². The lowest BCUT2D eigenvalue weighted by molar-refractivity contribution is -0.165. The first kappa shape index (κ1) is 28.3. The van der Waals surface area contributed by atoms with E-state index in [0.29, 0.717) is 57.4 Å². The molecule has 40 heavy (non-hydrogen) atoms. The number of piperazine rings is 1. The van der Waals surface area contributed by atoms with Crippen molar-refractivity contribution in [3.05, 3.63) is 64.7 Å². The number of benzene rings is 2. The summed E-state index contributed by atoms with van der Waals surface area (Å²) < 4.78 is 73.0. The first-order valence-electron chi connectivity index (χ1n) is 13.3. The van der Waals surface area contributed by atoms with E-state index in [1.54, 1.807) is 6.07 Å². The monoisotopic (exact) mass is 567 g/mol. The highest BCUT2D eigenvalue weighted by Gasteiger charge is 2.54. The van der Waals surface area contributed by atoms with E-state index in [1.165, 1.54) is 6.07 Å². The molecule has 3 fully saturated rings. The number of hydrogen-bond acceptors (Lipinski definition) is 5. The molecule has 1 saturated carbocycles. The fourth-order valence-corrected chi connectivity index (χ4v) is 5.77. The Bertz CT molecular complexity index is 1270. The number of halogens is 5. The number of hydrogen-bond donors (Lipinski definition) is 2. The molecule has 2 heterocycles.